The Morgan fingerprint density at radius 2 is 1.70 bits per heavy atom. The van der Waals surface area contributed by atoms with Crippen molar-refractivity contribution in [3.63, 3.8) is 0 Å². The van der Waals surface area contributed by atoms with Crippen LogP contribution in [0, 0.1) is 0 Å². The van der Waals surface area contributed by atoms with E-state index in [-0.39, 0.29) is 13.1 Å². The highest BCUT2D eigenvalue weighted by Gasteiger charge is 2.39. The highest BCUT2D eigenvalue weighted by atomic mass is 32.2. The van der Waals surface area contributed by atoms with E-state index >= 15 is 0 Å². The van der Waals surface area contributed by atoms with E-state index in [9.17, 15) is 21.6 Å². The Balaban J connectivity index is 1.46. The van der Waals surface area contributed by atoms with Gasteiger partial charge in [0, 0.05) is 37.1 Å². The van der Waals surface area contributed by atoms with Crippen LogP contribution in [0.25, 0.3) is 11.3 Å². The molecule has 33 heavy (non-hydrogen) atoms. The zero-order valence-corrected chi connectivity index (χ0v) is 19.4. The van der Waals surface area contributed by atoms with Crippen molar-refractivity contribution in [1.29, 1.82) is 0 Å². The number of hydrogen-bond acceptors (Lipinski definition) is 6. The third-order valence-corrected chi connectivity index (χ3v) is 8.13. The smallest absolute Gasteiger partial charge is 0.417 e. The van der Waals surface area contributed by atoms with E-state index in [0.717, 1.165) is 38.6 Å². The maximum atomic E-state index is 13.3. The predicted octanol–water partition coefficient (Wildman–Crippen LogP) is 4.74. The maximum absolute atomic E-state index is 13.3. The largest absolute Gasteiger partial charge is 0.494 e. The molecule has 3 aromatic rings. The molecule has 1 aromatic heterocycles. The van der Waals surface area contributed by atoms with E-state index in [2.05, 4.69) is 4.98 Å². The van der Waals surface area contributed by atoms with E-state index in [0.29, 0.717) is 19.7 Å². The molecular formula is C22H22F3N3O3S2. The summed E-state index contributed by atoms with van der Waals surface area (Å²) in [4.78, 5) is 5.90. The van der Waals surface area contributed by atoms with Gasteiger partial charge in [0.1, 0.15) is 5.75 Å². The van der Waals surface area contributed by atoms with Gasteiger partial charge in [-0.05, 0) is 43.3 Å². The zero-order valence-electron chi connectivity index (χ0n) is 17.7. The molecule has 11 heteroatoms. The molecule has 2 aromatic carbocycles. The monoisotopic (exact) mass is 497 g/mol. The fourth-order valence-electron chi connectivity index (χ4n) is 3.62. The lowest BCUT2D eigenvalue weighted by molar-refractivity contribution is -0.139. The number of halogens is 3. The quantitative estimate of drug-likeness (QED) is 0.492. The minimum Gasteiger partial charge on any atom is -0.494 e. The number of benzene rings is 2. The molecule has 0 aliphatic carbocycles. The summed E-state index contributed by atoms with van der Waals surface area (Å²) < 4.78 is 72.4. The number of thiazole rings is 1. The van der Waals surface area contributed by atoms with Crippen molar-refractivity contribution in [3.8, 4) is 17.0 Å². The van der Waals surface area contributed by atoms with Gasteiger partial charge >= 0.3 is 6.18 Å². The lowest BCUT2D eigenvalue weighted by Gasteiger charge is -2.34. The summed E-state index contributed by atoms with van der Waals surface area (Å²) in [6, 6.07) is 11.9. The Hall–Kier alpha value is -2.63. The number of rotatable bonds is 6. The van der Waals surface area contributed by atoms with Gasteiger partial charge < -0.3 is 9.64 Å². The molecule has 2 heterocycles. The average Bonchev–Trinajstić information content (AvgIpc) is 3.30. The van der Waals surface area contributed by atoms with E-state index < -0.39 is 26.7 Å². The summed E-state index contributed by atoms with van der Waals surface area (Å²) in [5.74, 6) is 0.779. The molecule has 1 aliphatic rings. The second kappa shape index (κ2) is 9.32. The van der Waals surface area contributed by atoms with Crippen LogP contribution < -0.4 is 9.64 Å². The van der Waals surface area contributed by atoms with Crippen molar-refractivity contribution in [2.24, 2.45) is 0 Å². The van der Waals surface area contributed by atoms with Crippen LogP contribution in [0.3, 0.4) is 0 Å². The van der Waals surface area contributed by atoms with E-state index in [4.69, 9.17) is 4.74 Å². The fraction of sp³-hybridized carbons (Fsp3) is 0.318. The fourth-order valence-corrected chi connectivity index (χ4v) is 6.14. The highest BCUT2D eigenvalue weighted by molar-refractivity contribution is 7.89. The summed E-state index contributed by atoms with van der Waals surface area (Å²) in [7, 11) is -4.27. The van der Waals surface area contributed by atoms with Gasteiger partial charge in [-0.25, -0.2) is 13.4 Å². The van der Waals surface area contributed by atoms with Crippen molar-refractivity contribution in [2.45, 2.75) is 18.0 Å². The Morgan fingerprint density at radius 3 is 2.33 bits per heavy atom. The van der Waals surface area contributed by atoms with Crippen LogP contribution in [0.1, 0.15) is 12.5 Å². The Bertz CT molecular complexity index is 1200. The van der Waals surface area contributed by atoms with Crippen molar-refractivity contribution in [3.05, 3.63) is 59.5 Å². The summed E-state index contributed by atoms with van der Waals surface area (Å²) in [6.45, 7) is 3.33. The molecule has 6 nitrogen and oxygen atoms in total. The molecule has 0 unspecified atom stereocenters. The number of anilines is 1. The van der Waals surface area contributed by atoms with E-state index in [1.807, 2.05) is 41.5 Å². The van der Waals surface area contributed by atoms with Crippen LogP contribution in [0.2, 0.25) is 0 Å². The first-order chi connectivity index (χ1) is 15.7. The normalized spacial score (nSPS) is 15.6. The summed E-state index contributed by atoms with van der Waals surface area (Å²) in [6.07, 6.45) is -4.75. The molecule has 1 fully saturated rings. The minimum absolute atomic E-state index is 0.0759. The Morgan fingerprint density at radius 1 is 1.03 bits per heavy atom. The predicted molar refractivity (Wildman–Crippen MR) is 121 cm³/mol. The van der Waals surface area contributed by atoms with Gasteiger partial charge in [-0.2, -0.15) is 17.5 Å². The van der Waals surface area contributed by atoms with Crippen LogP contribution in [0.15, 0.2) is 58.8 Å². The molecule has 0 spiro atoms. The minimum atomic E-state index is -4.75. The lowest BCUT2D eigenvalue weighted by atomic mass is 10.2. The Kier molecular flexibility index (Phi) is 6.64. The molecule has 0 atom stereocenters. The third-order valence-electron chi connectivity index (χ3n) is 5.27. The molecule has 0 amide bonds. The van der Waals surface area contributed by atoms with Crippen LogP contribution in [0.4, 0.5) is 18.3 Å². The summed E-state index contributed by atoms with van der Waals surface area (Å²) >= 11 is 1.44. The van der Waals surface area contributed by atoms with Gasteiger partial charge in [0.15, 0.2) is 5.13 Å². The van der Waals surface area contributed by atoms with Crippen LogP contribution in [-0.4, -0.2) is 50.5 Å². The first kappa shape index (κ1) is 23.5. The maximum Gasteiger partial charge on any atom is 0.417 e. The second-order valence-corrected chi connectivity index (χ2v) is 10.1. The first-order valence-electron chi connectivity index (χ1n) is 10.3. The van der Waals surface area contributed by atoms with Gasteiger partial charge in [-0.3, -0.25) is 0 Å². The number of sulfonamides is 1. The van der Waals surface area contributed by atoms with Crippen LogP contribution >= 0.6 is 11.3 Å². The molecule has 0 N–H and O–H groups in total. The summed E-state index contributed by atoms with van der Waals surface area (Å²) in [5, 5.41) is 2.67. The molecule has 1 aliphatic heterocycles. The van der Waals surface area contributed by atoms with Crippen molar-refractivity contribution >= 4 is 26.5 Å². The number of hydrogen-bond donors (Lipinski definition) is 0. The summed E-state index contributed by atoms with van der Waals surface area (Å²) in [5.41, 5.74) is 0.588. The molecule has 0 radical (unpaired) electrons. The molecule has 176 valence electrons. The van der Waals surface area contributed by atoms with E-state index in [1.165, 1.54) is 23.5 Å². The molecule has 0 saturated carbocycles. The van der Waals surface area contributed by atoms with Gasteiger partial charge in [0.2, 0.25) is 10.0 Å². The zero-order chi connectivity index (χ0) is 23.6. The highest BCUT2D eigenvalue weighted by Crippen LogP contribution is 2.36. The molecule has 1 saturated heterocycles. The van der Waals surface area contributed by atoms with Gasteiger partial charge in [-0.1, -0.05) is 12.1 Å². The second-order valence-electron chi connectivity index (χ2n) is 7.36. The topological polar surface area (TPSA) is 62.7 Å². The van der Waals surface area contributed by atoms with Crippen molar-refractivity contribution in [2.75, 3.05) is 37.7 Å². The number of piperazine rings is 1. The van der Waals surface area contributed by atoms with Gasteiger partial charge in [-0.15, -0.1) is 11.3 Å². The number of aromatic nitrogens is 1. The molecule has 0 bridgehead atoms. The SMILES string of the molecule is CCOc1ccc(-c2csc(N3CCN(S(=O)(=O)c4ccccc4C(F)(F)F)CC3)n2)cc1. The first-order valence-corrected chi connectivity index (χ1v) is 12.6. The molecular weight excluding hydrogens is 475 g/mol. The average molecular weight is 498 g/mol. The van der Waals surface area contributed by atoms with Crippen molar-refractivity contribution < 1.29 is 26.3 Å². The van der Waals surface area contributed by atoms with Gasteiger partial charge in [0.05, 0.1) is 22.8 Å². The third kappa shape index (κ3) is 4.99. The van der Waals surface area contributed by atoms with Crippen molar-refractivity contribution in [1.82, 2.24) is 9.29 Å². The molecule has 4 rings (SSSR count). The Labute approximate surface area is 194 Å². The van der Waals surface area contributed by atoms with Crippen LogP contribution in [0.5, 0.6) is 5.75 Å². The number of alkyl halides is 3. The van der Waals surface area contributed by atoms with Crippen LogP contribution in [-0.2, 0) is 16.2 Å². The lowest BCUT2D eigenvalue weighted by Crippen LogP contribution is -2.48. The van der Waals surface area contributed by atoms with Gasteiger partial charge in [0.25, 0.3) is 0 Å². The number of nitrogens with zero attached hydrogens (tertiary/aromatic N) is 3. The van der Waals surface area contributed by atoms with E-state index in [1.54, 1.807) is 0 Å². The number of ether oxygens (including phenoxy) is 1. The standard InChI is InChI=1S/C22H22F3N3O3S2/c1-2-31-17-9-7-16(8-10-17)19-15-32-21(26-19)27-11-13-28(14-12-27)33(29,30)20-6-4-3-5-18(20)22(23,24)25/h3-10,15H,2,11-14H2,1H3.